The molecule has 4 rings (SSSR count). The molecule has 0 radical (unpaired) electrons. The van der Waals surface area contributed by atoms with Crippen LogP contribution in [0.5, 0.6) is 0 Å². The minimum absolute atomic E-state index is 0.0384. The molecule has 170 valence electrons. The van der Waals surface area contributed by atoms with E-state index < -0.39 is 15.9 Å². The molecule has 0 atom stereocenters. The van der Waals surface area contributed by atoms with E-state index in [0.29, 0.717) is 24.7 Å². The molecule has 32 heavy (non-hydrogen) atoms. The van der Waals surface area contributed by atoms with E-state index in [1.165, 1.54) is 16.4 Å². The van der Waals surface area contributed by atoms with E-state index >= 15 is 0 Å². The number of aromatic nitrogens is 1. The van der Waals surface area contributed by atoms with Gasteiger partial charge in [0, 0.05) is 30.4 Å². The van der Waals surface area contributed by atoms with Crippen molar-refractivity contribution in [1.82, 2.24) is 8.87 Å². The lowest BCUT2D eigenvalue weighted by molar-refractivity contribution is 0.102. The van der Waals surface area contributed by atoms with Crippen molar-refractivity contribution in [3.63, 3.8) is 0 Å². The maximum Gasteiger partial charge on any atom is 0.308 e. The van der Waals surface area contributed by atoms with Crippen molar-refractivity contribution in [3.8, 4) is 0 Å². The van der Waals surface area contributed by atoms with Crippen LogP contribution >= 0.6 is 11.3 Å². The quantitative estimate of drug-likeness (QED) is 0.598. The molecule has 0 spiro atoms. The molecule has 7 nitrogen and oxygen atoms in total. The first-order valence-electron chi connectivity index (χ1n) is 10.7. The third kappa shape index (κ3) is 4.37. The highest BCUT2D eigenvalue weighted by molar-refractivity contribution is 7.89. The number of nitrogens with one attached hydrogen (secondary N) is 1. The van der Waals surface area contributed by atoms with E-state index in [4.69, 9.17) is 0 Å². The van der Waals surface area contributed by atoms with Gasteiger partial charge in [-0.05, 0) is 69.0 Å². The highest BCUT2D eigenvalue weighted by Crippen LogP contribution is 2.26. The average molecular weight is 474 g/mol. The number of benzene rings is 2. The highest BCUT2D eigenvalue weighted by Gasteiger charge is 2.28. The topological polar surface area (TPSA) is 88.5 Å². The first kappa shape index (κ1) is 22.7. The van der Waals surface area contributed by atoms with E-state index in [1.807, 2.05) is 19.9 Å². The summed E-state index contributed by atoms with van der Waals surface area (Å²) in [5, 5.41) is 2.82. The molecular weight excluding hydrogens is 446 g/mol. The van der Waals surface area contributed by atoms with Crippen molar-refractivity contribution in [1.29, 1.82) is 0 Å². The zero-order valence-corrected chi connectivity index (χ0v) is 20.0. The van der Waals surface area contributed by atoms with Gasteiger partial charge in [0.15, 0.2) is 0 Å². The monoisotopic (exact) mass is 473 g/mol. The van der Waals surface area contributed by atoms with Gasteiger partial charge in [0.05, 0.1) is 15.1 Å². The molecule has 2 heterocycles. The number of carbonyl (C=O) groups is 1. The SMILES string of the molecule is CC1CCN(S(=O)(=O)c2cccc(C(=O)Nc3ccc4c(c3)sc(=O)n4C(C)C)c2)CC1. The van der Waals surface area contributed by atoms with Gasteiger partial charge in [-0.25, -0.2) is 8.42 Å². The predicted octanol–water partition coefficient (Wildman–Crippen LogP) is 4.32. The molecule has 1 aromatic heterocycles. The second-order valence-corrected chi connectivity index (χ2v) is 11.5. The van der Waals surface area contributed by atoms with E-state index in [0.717, 1.165) is 34.4 Å². The van der Waals surface area contributed by atoms with Gasteiger partial charge in [-0.15, -0.1) is 0 Å². The minimum Gasteiger partial charge on any atom is -0.322 e. The molecule has 0 saturated carbocycles. The zero-order valence-electron chi connectivity index (χ0n) is 18.4. The van der Waals surface area contributed by atoms with Crippen LogP contribution in [-0.2, 0) is 10.0 Å². The number of rotatable bonds is 5. The van der Waals surface area contributed by atoms with E-state index in [-0.39, 0.29) is 21.4 Å². The number of hydrogen-bond acceptors (Lipinski definition) is 5. The van der Waals surface area contributed by atoms with Gasteiger partial charge in [0.25, 0.3) is 5.91 Å². The Morgan fingerprint density at radius 1 is 1.12 bits per heavy atom. The maximum absolute atomic E-state index is 13.0. The molecule has 1 aliphatic heterocycles. The lowest BCUT2D eigenvalue weighted by atomic mass is 10.0. The molecule has 1 N–H and O–H groups in total. The second-order valence-electron chi connectivity index (χ2n) is 8.58. The lowest BCUT2D eigenvalue weighted by Gasteiger charge is -2.29. The van der Waals surface area contributed by atoms with Crippen LogP contribution in [0.15, 0.2) is 52.2 Å². The summed E-state index contributed by atoms with van der Waals surface area (Å²) in [6.45, 7) is 7.03. The van der Waals surface area contributed by atoms with Crippen molar-refractivity contribution in [3.05, 3.63) is 57.7 Å². The number of piperidine rings is 1. The first-order chi connectivity index (χ1) is 15.2. The highest BCUT2D eigenvalue weighted by atomic mass is 32.2. The third-order valence-electron chi connectivity index (χ3n) is 5.86. The minimum atomic E-state index is -3.64. The first-order valence-corrected chi connectivity index (χ1v) is 13.0. The summed E-state index contributed by atoms with van der Waals surface area (Å²) in [6, 6.07) is 11.5. The average Bonchev–Trinajstić information content (AvgIpc) is 3.09. The molecule has 0 unspecified atom stereocenters. The Balaban J connectivity index is 1.56. The summed E-state index contributed by atoms with van der Waals surface area (Å²) < 4.78 is 30.1. The number of sulfonamides is 1. The third-order valence-corrected chi connectivity index (χ3v) is 8.68. The normalized spacial score (nSPS) is 16.0. The van der Waals surface area contributed by atoms with Crippen LogP contribution in [0.25, 0.3) is 10.2 Å². The van der Waals surface area contributed by atoms with Crippen LogP contribution in [0, 0.1) is 5.92 Å². The largest absolute Gasteiger partial charge is 0.322 e. The van der Waals surface area contributed by atoms with Gasteiger partial charge in [0.1, 0.15) is 0 Å². The Labute approximate surface area is 191 Å². The summed E-state index contributed by atoms with van der Waals surface area (Å²) in [5.41, 5.74) is 1.65. The van der Waals surface area contributed by atoms with Crippen molar-refractivity contribution in [2.45, 2.75) is 44.6 Å². The summed E-state index contributed by atoms with van der Waals surface area (Å²) in [6.07, 6.45) is 1.68. The molecule has 2 aromatic carbocycles. The Bertz CT molecular complexity index is 1320. The van der Waals surface area contributed by atoms with Crippen LogP contribution in [0.4, 0.5) is 5.69 Å². The summed E-state index contributed by atoms with van der Waals surface area (Å²) in [5.74, 6) is 0.122. The van der Waals surface area contributed by atoms with Crippen LogP contribution < -0.4 is 10.2 Å². The molecule has 3 aromatic rings. The molecular formula is C23H27N3O4S2. The lowest BCUT2D eigenvalue weighted by Crippen LogP contribution is -2.37. The van der Waals surface area contributed by atoms with Crippen LogP contribution in [-0.4, -0.2) is 36.3 Å². The number of hydrogen-bond donors (Lipinski definition) is 1. The fraction of sp³-hybridized carbons (Fsp3) is 0.391. The van der Waals surface area contributed by atoms with Gasteiger partial charge in [-0.1, -0.05) is 24.3 Å². The van der Waals surface area contributed by atoms with Gasteiger partial charge >= 0.3 is 4.87 Å². The molecule has 0 bridgehead atoms. The number of anilines is 1. The smallest absolute Gasteiger partial charge is 0.308 e. The fourth-order valence-corrected chi connectivity index (χ4v) is 6.55. The number of carbonyl (C=O) groups excluding carboxylic acids is 1. The van der Waals surface area contributed by atoms with Gasteiger partial charge < -0.3 is 5.32 Å². The standard InChI is InChI=1S/C23H27N3O4S2/c1-15(2)26-20-8-7-18(14-21(20)31-23(26)28)24-22(27)17-5-4-6-19(13-17)32(29,30)25-11-9-16(3)10-12-25/h4-8,13-16H,9-12H2,1-3H3,(H,24,27). The van der Waals surface area contributed by atoms with Gasteiger partial charge in [0.2, 0.25) is 10.0 Å². The van der Waals surface area contributed by atoms with Crippen LogP contribution in [0.3, 0.4) is 0 Å². The van der Waals surface area contributed by atoms with Crippen molar-refractivity contribution >= 4 is 43.2 Å². The maximum atomic E-state index is 13.0. The Kier molecular flexibility index (Phi) is 6.24. The molecule has 0 aliphatic carbocycles. The molecule has 1 amide bonds. The van der Waals surface area contributed by atoms with Crippen molar-refractivity contribution in [2.75, 3.05) is 18.4 Å². The summed E-state index contributed by atoms with van der Waals surface area (Å²) in [7, 11) is -3.64. The summed E-state index contributed by atoms with van der Waals surface area (Å²) >= 11 is 1.14. The van der Waals surface area contributed by atoms with Crippen molar-refractivity contribution in [2.24, 2.45) is 5.92 Å². The zero-order chi connectivity index (χ0) is 23.0. The molecule has 1 fully saturated rings. The van der Waals surface area contributed by atoms with E-state index in [9.17, 15) is 18.0 Å². The fourth-order valence-electron chi connectivity index (χ4n) is 3.98. The Morgan fingerprint density at radius 2 is 1.84 bits per heavy atom. The van der Waals surface area contributed by atoms with E-state index in [1.54, 1.807) is 28.8 Å². The molecule has 1 saturated heterocycles. The summed E-state index contributed by atoms with van der Waals surface area (Å²) in [4.78, 5) is 25.2. The number of amides is 1. The Morgan fingerprint density at radius 3 is 2.53 bits per heavy atom. The van der Waals surface area contributed by atoms with Crippen LogP contribution in [0.1, 0.15) is 50.0 Å². The second kappa shape index (κ2) is 8.80. The number of fused-ring (bicyclic) bond motifs is 1. The number of nitrogens with zero attached hydrogens (tertiary/aromatic N) is 2. The molecule has 1 aliphatic rings. The number of thiazole rings is 1. The van der Waals surface area contributed by atoms with Crippen molar-refractivity contribution < 1.29 is 13.2 Å². The van der Waals surface area contributed by atoms with Gasteiger partial charge in [-0.3, -0.25) is 14.2 Å². The Hall–Kier alpha value is -2.49. The van der Waals surface area contributed by atoms with E-state index in [2.05, 4.69) is 12.2 Å². The van der Waals surface area contributed by atoms with Gasteiger partial charge in [-0.2, -0.15) is 4.31 Å². The molecule has 9 heteroatoms. The predicted molar refractivity (Wildman–Crippen MR) is 128 cm³/mol. The van der Waals surface area contributed by atoms with Crippen LogP contribution in [0.2, 0.25) is 0 Å².